The highest BCUT2D eigenvalue weighted by Gasteiger charge is 2.42. The van der Waals surface area contributed by atoms with Crippen LogP contribution in [0.3, 0.4) is 0 Å². The van der Waals surface area contributed by atoms with Crippen molar-refractivity contribution in [3.8, 4) is 0 Å². The van der Waals surface area contributed by atoms with Gasteiger partial charge in [-0.25, -0.2) is 4.79 Å². The molecule has 0 aliphatic heterocycles. The molecule has 1 aromatic rings. The number of anilines is 1. The molecular formula is C13H22N4O2S. The highest BCUT2D eigenvalue weighted by molar-refractivity contribution is 7.15. The van der Waals surface area contributed by atoms with Crippen molar-refractivity contribution in [2.75, 3.05) is 11.9 Å². The number of urea groups is 1. The molecule has 6 nitrogen and oxygen atoms in total. The minimum atomic E-state index is -0.554. The summed E-state index contributed by atoms with van der Waals surface area (Å²) in [5.74, 6) is 0.359. The van der Waals surface area contributed by atoms with E-state index in [0.29, 0.717) is 11.0 Å². The van der Waals surface area contributed by atoms with Gasteiger partial charge in [0.25, 0.3) is 0 Å². The Balaban J connectivity index is 1.96. The van der Waals surface area contributed by atoms with Crippen molar-refractivity contribution >= 4 is 22.5 Å². The van der Waals surface area contributed by atoms with Gasteiger partial charge in [-0.2, -0.15) is 0 Å². The van der Waals surface area contributed by atoms with Crippen LogP contribution in [0.1, 0.15) is 45.5 Å². The first kappa shape index (κ1) is 15.2. The second-order valence-corrected chi connectivity index (χ2v) is 7.57. The average Bonchev–Trinajstić information content (AvgIpc) is 3.09. The minimum Gasteiger partial charge on any atom is -0.394 e. The number of aliphatic hydroxyl groups is 1. The summed E-state index contributed by atoms with van der Waals surface area (Å²) in [6, 6.07) is -0.343. The molecule has 1 heterocycles. The molecule has 1 fully saturated rings. The molecule has 2 rings (SSSR count). The zero-order chi connectivity index (χ0) is 15.0. The van der Waals surface area contributed by atoms with Crippen LogP contribution in [0.2, 0.25) is 0 Å². The number of hydrogen-bond acceptors (Lipinski definition) is 5. The van der Waals surface area contributed by atoms with Gasteiger partial charge in [-0.15, -0.1) is 10.2 Å². The first-order chi connectivity index (χ1) is 9.24. The monoisotopic (exact) mass is 298 g/mol. The summed E-state index contributed by atoms with van der Waals surface area (Å²) in [5.41, 5.74) is -0.636. The lowest BCUT2D eigenvalue weighted by Crippen LogP contribution is -2.52. The summed E-state index contributed by atoms with van der Waals surface area (Å²) in [6.07, 6.45) is 2.09. The lowest BCUT2D eigenvalue weighted by atomic mass is 9.97. The number of aromatic nitrogens is 2. The molecule has 0 bridgehead atoms. The molecule has 1 unspecified atom stereocenters. The first-order valence-corrected chi connectivity index (χ1v) is 7.60. The number of hydrogen-bond donors (Lipinski definition) is 3. The summed E-state index contributed by atoms with van der Waals surface area (Å²) >= 11 is 1.37. The predicted octanol–water partition coefficient (Wildman–Crippen LogP) is 2.12. The molecule has 1 aromatic heterocycles. The Labute approximate surface area is 123 Å². The Bertz CT molecular complexity index is 493. The van der Waals surface area contributed by atoms with E-state index in [0.717, 1.165) is 17.8 Å². The maximum atomic E-state index is 12.0. The maximum absolute atomic E-state index is 12.0. The van der Waals surface area contributed by atoms with E-state index >= 15 is 0 Å². The Morgan fingerprint density at radius 3 is 2.45 bits per heavy atom. The molecule has 0 radical (unpaired) electrons. The maximum Gasteiger partial charge on any atom is 0.321 e. The summed E-state index contributed by atoms with van der Waals surface area (Å²) in [6.45, 7) is 7.95. The quantitative estimate of drug-likeness (QED) is 0.794. The third kappa shape index (κ3) is 3.46. The van der Waals surface area contributed by atoms with Crippen LogP contribution >= 0.6 is 11.3 Å². The summed E-state index contributed by atoms with van der Waals surface area (Å²) in [7, 11) is 0. The van der Waals surface area contributed by atoms with Crippen molar-refractivity contribution in [2.24, 2.45) is 5.92 Å². The van der Waals surface area contributed by atoms with Gasteiger partial charge < -0.3 is 10.4 Å². The molecule has 0 aromatic carbocycles. The van der Waals surface area contributed by atoms with Crippen molar-refractivity contribution in [3.63, 3.8) is 0 Å². The van der Waals surface area contributed by atoms with Gasteiger partial charge in [-0.1, -0.05) is 32.1 Å². The van der Waals surface area contributed by atoms with Crippen LogP contribution in [0.25, 0.3) is 0 Å². The van der Waals surface area contributed by atoms with Crippen LogP contribution in [0.15, 0.2) is 0 Å². The number of rotatable bonds is 4. The molecule has 2 amide bonds. The second kappa shape index (κ2) is 5.29. The van der Waals surface area contributed by atoms with Crippen LogP contribution in [-0.4, -0.2) is 33.5 Å². The van der Waals surface area contributed by atoms with E-state index < -0.39 is 5.54 Å². The molecule has 20 heavy (non-hydrogen) atoms. The second-order valence-electron chi connectivity index (χ2n) is 6.59. The molecule has 7 heteroatoms. The zero-order valence-electron chi connectivity index (χ0n) is 12.4. The van der Waals surface area contributed by atoms with Crippen LogP contribution in [0.4, 0.5) is 9.93 Å². The minimum absolute atomic E-state index is 0.0611. The Morgan fingerprint density at radius 2 is 2.00 bits per heavy atom. The Hall–Kier alpha value is -1.21. The normalized spacial score (nSPS) is 18.4. The molecule has 1 aliphatic carbocycles. The van der Waals surface area contributed by atoms with Gasteiger partial charge in [0.05, 0.1) is 12.1 Å². The molecule has 1 aliphatic rings. The standard InChI is InChI=1S/C13H22N4O2S/c1-12(2,3)9-16-17-11(20-9)14-10(19)15-13(4,7-18)8-5-6-8/h8,18H,5-7H2,1-4H3,(H2,14,15,17,19). The van der Waals surface area contributed by atoms with Crippen molar-refractivity contribution in [1.29, 1.82) is 0 Å². The van der Waals surface area contributed by atoms with Crippen LogP contribution in [-0.2, 0) is 5.41 Å². The van der Waals surface area contributed by atoms with Crippen molar-refractivity contribution in [2.45, 2.75) is 51.5 Å². The Kier molecular flexibility index (Phi) is 4.02. The van der Waals surface area contributed by atoms with Crippen LogP contribution < -0.4 is 10.6 Å². The molecular weight excluding hydrogens is 276 g/mol. The number of nitrogens with zero attached hydrogens (tertiary/aromatic N) is 2. The summed E-state index contributed by atoms with van der Waals surface area (Å²) < 4.78 is 0. The predicted molar refractivity (Wildman–Crippen MR) is 79.0 cm³/mol. The molecule has 0 spiro atoms. The number of amides is 2. The average molecular weight is 298 g/mol. The third-order valence-corrected chi connectivity index (χ3v) is 4.76. The fourth-order valence-electron chi connectivity index (χ4n) is 1.96. The topological polar surface area (TPSA) is 87.1 Å². The molecule has 1 atom stereocenters. The molecule has 0 saturated heterocycles. The fourth-order valence-corrected chi connectivity index (χ4v) is 2.75. The molecule has 3 N–H and O–H groups in total. The van der Waals surface area contributed by atoms with E-state index in [1.807, 2.05) is 27.7 Å². The summed E-state index contributed by atoms with van der Waals surface area (Å²) in [4.78, 5) is 12.0. The number of carbonyl (C=O) groups excluding carboxylic acids is 1. The fraction of sp³-hybridized carbons (Fsp3) is 0.769. The number of aliphatic hydroxyl groups excluding tert-OH is 1. The van der Waals surface area contributed by atoms with Gasteiger partial charge in [0.1, 0.15) is 5.01 Å². The third-order valence-electron chi connectivity index (χ3n) is 3.49. The first-order valence-electron chi connectivity index (χ1n) is 6.78. The van der Waals surface area contributed by atoms with Gasteiger partial charge in [0.15, 0.2) is 0 Å². The van der Waals surface area contributed by atoms with Gasteiger partial charge in [-0.3, -0.25) is 5.32 Å². The lowest BCUT2D eigenvalue weighted by molar-refractivity contribution is 0.159. The van der Waals surface area contributed by atoms with E-state index in [2.05, 4.69) is 20.8 Å². The van der Waals surface area contributed by atoms with Crippen molar-refractivity contribution in [1.82, 2.24) is 15.5 Å². The van der Waals surface area contributed by atoms with Crippen LogP contribution in [0.5, 0.6) is 0 Å². The van der Waals surface area contributed by atoms with Gasteiger partial charge >= 0.3 is 6.03 Å². The zero-order valence-corrected chi connectivity index (χ0v) is 13.2. The highest BCUT2D eigenvalue weighted by atomic mass is 32.1. The van der Waals surface area contributed by atoms with Gasteiger partial charge in [0, 0.05) is 5.41 Å². The molecule has 112 valence electrons. The van der Waals surface area contributed by atoms with E-state index in [4.69, 9.17) is 0 Å². The van der Waals surface area contributed by atoms with Crippen LogP contribution in [0, 0.1) is 5.92 Å². The number of carbonyl (C=O) groups is 1. The smallest absolute Gasteiger partial charge is 0.321 e. The SMILES string of the molecule is CC(C)(C)c1nnc(NC(=O)NC(C)(CO)C2CC2)s1. The lowest BCUT2D eigenvalue weighted by Gasteiger charge is -2.28. The van der Waals surface area contributed by atoms with E-state index in [9.17, 15) is 9.90 Å². The van der Waals surface area contributed by atoms with E-state index in [1.54, 1.807) is 0 Å². The van der Waals surface area contributed by atoms with Gasteiger partial charge in [0.2, 0.25) is 5.13 Å². The van der Waals surface area contributed by atoms with Crippen molar-refractivity contribution < 1.29 is 9.90 Å². The van der Waals surface area contributed by atoms with Crippen molar-refractivity contribution in [3.05, 3.63) is 5.01 Å². The largest absolute Gasteiger partial charge is 0.394 e. The summed E-state index contributed by atoms with van der Waals surface area (Å²) in [5, 5.41) is 24.4. The highest BCUT2D eigenvalue weighted by Crippen LogP contribution is 2.39. The van der Waals surface area contributed by atoms with E-state index in [-0.39, 0.29) is 18.1 Å². The Morgan fingerprint density at radius 1 is 1.35 bits per heavy atom. The number of nitrogens with one attached hydrogen (secondary N) is 2. The molecule has 1 saturated carbocycles. The van der Waals surface area contributed by atoms with Gasteiger partial charge in [-0.05, 0) is 25.7 Å². The van der Waals surface area contributed by atoms with E-state index in [1.165, 1.54) is 11.3 Å².